The summed E-state index contributed by atoms with van der Waals surface area (Å²) < 4.78 is 0. The lowest BCUT2D eigenvalue weighted by molar-refractivity contribution is 0.0962. The number of rotatable bonds is 5. The lowest BCUT2D eigenvalue weighted by Gasteiger charge is -2.13. The molecule has 0 fully saturated rings. The van der Waals surface area contributed by atoms with Gasteiger partial charge in [0, 0.05) is 18.1 Å². The van der Waals surface area contributed by atoms with E-state index in [2.05, 4.69) is 36.1 Å². The van der Waals surface area contributed by atoms with Gasteiger partial charge in [-0.15, -0.1) is 0 Å². The predicted octanol–water partition coefficient (Wildman–Crippen LogP) is 1.66. The van der Waals surface area contributed by atoms with Gasteiger partial charge in [0.15, 0.2) is 11.6 Å². The van der Waals surface area contributed by atoms with Gasteiger partial charge in [0.2, 0.25) is 0 Å². The lowest BCUT2D eigenvalue weighted by Crippen LogP contribution is -2.30. The molecule has 0 spiro atoms. The molecule has 3 aromatic heterocycles. The van der Waals surface area contributed by atoms with Crippen molar-refractivity contribution in [3.63, 3.8) is 0 Å². The topological polar surface area (TPSA) is 131 Å². The minimum Gasteiger partial charge on any atom is -0.393 e. The Bertz CT molecular complexity index is 884. The Kier molecular flexibility index (Phi) is 4.65. The van der Waals surface area contributed by atoms with Crippen LogP contribution in [-0.4, -0.2) is 25.8 Å². The standard InChI is InChI=1S/C16H16N8O/c1-10-4-2-6-12(21-10)22-14-13(17)15(20-9-19-14)23-24-16(25)11-5-3-7-18-8-11/h2-9H,17H2,1H3,(H,24,25)(H2,19,20,21,22,23). The van der Waals surface area contributed by atoms with Gasteiger partial charge in [-0.2, -0.15) is 0 Å². The first-order chi connectivity index (χ1) is 12.1. The Hall–Kier alpha value is -3.75. The zero-order valence-electron chi connectivity index (χ0n) is 13.4. The van der Waals surface area contributed by atoms with Crippen molar-refractivity contribution in [3.05, 3.63) is 60.3 Å². The van der Waals surface area contributed by atoms with Crippen LogP contribution in [0, 0.1) is 6.92 Å². The van der Waals surface area contributed by atoms with E-state index in [0.29, 0.717) is 17.2 Å². The largest absolute Gasteiger partial charge is 0.393 e. The summed E-state index contributed by atoms with van der Waals surface area (Å²) in [5.74, 6) is 0.894. The number of nitrogens with one attached hydrogen (secondary N) is 3. The number of carbonyl (C=O) groups excluding carboxylic acids is 1. The molecule has 0 aliphatic heterocycles. The number of pyridine rings is 2. The van der Waals surface area contributed by atoms with Gasteiger partial charge in [-0.25, -0.2) is 15.0 Å². The van der Waals surface area contributed by atoms with E-state index in [1.54, 1.807) is 24.4 Å². The summed E-state index contributed by atoms with van der Waals surface area (Å²) in [6.07, 6.45) is 4.37. The van der Waals surface area contributed by atoms with E-state index in [1.165, 1.54) is 12.5 Å². The molecule has 5 N–H and O–H groups in total. The summed E-state index contributed by atoms with van der Waals surface area (Å²) >= 11 is 0. The van der Waals surface area contributed by atoms with Crippen molar-refractivity contribution in [2.45, 2.75) is 6.92 Å². The first kappa shape index (κ1) is 16.1. The Morgan fingerprint density at radius 1 is 1.12 bits per heavy atom. The number of nitrogens with zero attached hydrogens (tertiary/aromatic N) is 4. The van der Waals surface area contributed by atoms with E-state index < -0.39 is 0 Å². The average Bonchev–Trinajstić information content (AvgIpc) is 2.63. The summed E-state index contributed by atoms with van der Waals surface area (Å²) in [5, 5.41) is 3.02. The van der Waals surface area contributed by atoms with Crippen molar-refractivity contribution in [1.82, 2.24) is 25.4 Å². The van der Waals surface area contributed by atoms with Crippen molar-refractivity contribution < 1.29 is 4.79 Å². The smallest absolute Gasteiger partial charge is 0.271 e. The average molecular weight is 336 g/mol. The van der Waals surface area contributed by atoms with Gasteiger partial charge in [0.1, 0.15) is 17.8 Å². The third kappa shape index (κ3) is 3.96. The SMILES string of the molecule is Cc1cccc(Nc2ncnc(NNC(=O)c3cccnc3)c2N)n1. The van der Waals surface area contributed by atoms with Crippen LogP contribution in [0.5, 0.6) is 0 Å². The van der Waals surface area contributed by atoms with Crippen LogP contribution in [0.1, 0.15) is 16.1 Å². The maximum absolute atomic E-state index is 12.0. The fraction of sp³-hybridized carbons (Fsp3) is 0.0625. The van der Waals surface area contributed by atoms with E-state index in [-0.39, 0.29) is 17.4 Å². The molecule has 25 heavy (non-hydrogen) atoms. The highest BCUT2D eigenvalue weighted by Gasteiger charge is 2.11. The summed E-state index contributed by atoms with van der Waals surface area (Å²) in [5.41, 5.74) is 12.8. The zero-order valence-corrected chi connectivity index (χ0v) is 13.4. The molecule has 0 bridgehead atoms. The molecule has 0 saturated carbocycles. The zero-order chi connectivity index (χ0) is 17.6. The molecule has 3 aromatic rings. The van der Waals surface area contributed by atoms with Gasteiger partial charge < -0.3 is 11.1 Å². The highest BCUT2D eigenvalue weighted by Crippen LogP contribution is 2.24. The Morgan fingerprint density at radius 2 is 1.96 bits per heavy atom. The molecular formula is C16H16N8O. The molecule has 0 aromatic carbocycles. The van der Waals surface area contributed by atoms with E-state index in [1.807, 2.05) is 19.1 Å². The number of aromatic nitrogens is 4. The van der Waals surface area contributed by atoms with Crippen LogP contribution in [0.4, 0.5) is 23.1 Å². The van der Waals surface area contributed by atoms with E-state index in [0.717, 1.165) is 5.69 Å². The third-order valence-corrected chi connectivity index (χ3v) is 3.24. The molecule has 0 atom stereocenters. The second-order valence-corrected chi connectivity index (χ2v) is 5.09. The molecule has 9 nitrogen and oxygen atoms in total. The normalized spacial score (nSPS) is 10.1. The van der Waals surface area contributed by atoms with Crippen molar-refractivity contribution in [2.75, 3.05) is 16.5 Å². The van der Waals surface area contributed by atoms with Crippen LogP contribution in [-0.2, 0) is 0 Å². The number of aryl methyl sites for hydroxylation is 1. The molecule has 3 heterocycles. The van der Waals surface area contributed by atoms with Crippen LogP contribution in [0.15, 0.2) is 49.1 Å². The maximum atomic E-state index is 12.0. The molecule has 1 amide bonds. The van der Waals surface area contributed by atoms with Crippen LogP contribution in [0.25, 0.3) is 0 Å². The van der Waals surface area contributed by atoms with Crippen molar-refractivity contribution >= 4 is 29.0 Å². The molecular weight excluding hydrogens is 320 g/mol. The van der Waals surface area contributed by atoms with Crippen LogP contribution >= 0.6 is 0 Å². The number of carbonyl (C=O) groups is 1. The van der Waals surface area contributed by atoms with Gasteiger partial charge in [0.05, 0.1) is 5.56 Å². The highest BCUT2D eigenvalue weighted by atomic mass is 16.2. The van der Waals surface area contributed by atoms with Crippen LogP contribution in [0.3, 0.4) is 0 Å². The molecule has 126 valence electrons. The number of nitrogen functional groups attached to an aromatic ring is 1. The number of anilines is 4. The van der Waals surface area contributed by atoms with E-state index >= 15 is 0 Å². The summed E-state index contributed by atoms with van der Waals surface area (Å²) in [4.78, 5) is 28.4. The Morgan fingerprint density at radius 3 is 2.72 bits per heavy atom. The van der Waals surface area contributed by atoms with Gasteiger partial charge in [-0.05, 0) is 31.2 Å². The van der Waals surface area contributed by atoms with Crippen LogP contribution < -0.4 is 21.9 Å². The number of amides is 1. The number of hydrogen-bond donors (Lipinski definition) is 4. The number of hydrazine groups is 1. The summed E-state index contributed by atoms with van der Waals surface area (Å²) in [6, 6.07) is 8.87. The molecule has 0 aliphatic rings. The minimum absolute atomic E-state index is 0.247. The molecule has 0 radical (unpaired) electrons. The molecule has 0 saturated heterocycles. The van der Waals surface area contributed by atoms with Gasteiger partial charge in [-0.1, -0.05) is 6.07 Å². The summed E-state index contributed by atoms with van der Waals surface area (Å²) in [6.45, 7) is 1.88. The predicted molar refractivity (Wildman–Crippen MR) is 94.0 cm³/mol. The lowest BCUT2D eigenvalue weighted by atomic mass is 10.3. The van der Waals surface area contributed by atoms with Gasteiger partial charge in [-0.3, -0.25) is 20.6 Å². The van der Waals surface area contributed by atoms with Crippen LogP contribution in [0.2, 0.25) is 0 Å². The maximum Gasteiger partial charge on any atom is 0.271 e. The first-order valence-electron chi connectivity index (χ1n) is 7.41. The highest BCUT2D eigenvalue weighted by molar-refractivity contribution is 5.94. The second-order valence-electron chi connectivity index (χ2n) is 5.09. The monoisotopic (exact) mass is 336 g/mol. The Balaban J connectivity index is 1.72. The summed E-state index contributed by atoms with van der Waals surface area (Å²) in [7, 11) is 0. The van der Waals surface area contributed by atoms with Crippen molar-refractivity contribution in [2.24, 2.45) is 0 Å². The van der Waals surface area contributed by atoms with E-state index in [4.69, 9.17) is 5.73 Å². The molecule has 0 unspecified atom stereocenters. The molecule has 0 aliphatic carbocycles. The van der Waals surface area contributed by atoms with Crippen molar-refractivity contribution in [3.8, 4) is 0 Å². The minimum atomic E-state index is -0.360. The third-order valence-electron chi connectivity index (χ3n) is 3.24. The quantitative estimate of drug-likeness (QED) is 0.517. The number of nitrogens with two attached hydrogens (primary N) is 1. The fourth-order valence-electron chi connectivity index (χ4n) is 2.01. The first-order valence-corrected chi connectivity index (χ1v) is 7.41. The van der Waals surface area contributed by atoms with E-state index in [9.17, 15) is 4.79 Å². The van der Waals surface area contributed by atoms with Gasteiger partial charge >= 0.3 is 0 Å². The van der Waals surface area contributed by atoms with Gasteiger partial charge in [0.25, 0.3) is 5.91 Å². The molecule has 3 rings (SSSR count). The second kappa shape index (κ2) is 7.21. The number of hydrogen-bond acceptors (Lipinski definition) is 8. The fourth-order valence-corrected chi connectivity index (χ4v) is 2.01. The van der Waals surface area contributed by atoms with Crippen molar-refractivity contribution in [1.29, 1.82) is 0 Å². The Labute approximate surface area is 143 Å². The molecule has 9 heteroatoms.